The molecule has 9 heteroatoms. The van der Waals surface area contributed by atoms with Gasteiger partial charge in [-0.3, -0.25) is 0 Å². The first kappa shape index (κ1) is 22.3. The van der Waals surface area contributed by atoms with Crippen LogP contribution in [0.4, 0.5) is 5.69 Å². The van der Waals surface area contributed by atoms with Crippen LogP contribution in [-0.4, -0.2) is 17.6 Å². The highest BCUT2D eigenvalue weighted by atomic mass is 35.5. The van der Waals surface area contributed by atoms with Crippen molar-refractivity contribution < 1.29 is 13.9 Å². The molecule has 0 aliphatic heterocycles. The molecule has 0 bridgehead atoms. The third-order valence-electron chi connectivity index (χ3n) is 4.60. The SMILES string of the molecule is CCOC(=O)c1ccc(N/C=C(\C#N)c2nc(-c3cc4cc(Cl)ccc4oc3=O)cs2)cc1. The molecule has 0 fully saturated rings. The van der Waals surface area contributed by atoms with E-state index in [4.69, 9.17) is 20.8 Å². The fourth-order valence-electron chi connectivity index (χ4n) is 3.01. The third-order valence-corrected chi connectivity index (χ3v) is 5.72. The Hall–Kier alpha value is -3.93. The Kier molecular flexibility index (Phi) is 6.54. The van der Waals surface area contributed by atoms with E-state index < -0.39 is 11.6 Å². The minimum atomic E-state index is -0.524. The lowest BCUT2D eigenvalue weighted by Crippen LogP contribution is -2.04. The molecule has 0 saturated carbocycles. The molecule has 4 aromatic rings. The Balaban J connectivity index is 1.57. The summed E-state index contributed by atoms with van der Waals surface area (Å²) in [6, 6.07) is 15.4. The number of hydrogen-bond acceptors (Lipinski definition) is 8. The quantitative estimate of drug-likeness (QED) is 0.215. The Morgan fingerprint density at radius 3 is 2.79 bits per heavy atom. The summed E-state index contributed by atoms with van der Waals surface area (Å²) in [6.07, 6.45) is 1.52. The number of anilines is 1. The van der Waals surface area contributed by atoms with Crippen LogP contribution in [0.2, 0.25) is 5.02 Å². The number of benzene rings is 2. The van der Waals surface area contributed by atoms with E-state index in [0.717, 1.165) is 0 Å². The number of hydrogen-bond donors (Lipinski definition) is 1. The molecule has 4 rings (SSSR count). The molecule has 0 atom stereocenters. The van der Waals surface area contributed by atoms with Crippen LogP contribution >= 0.6 is 22.9 Å². The minimum absolute atomic E-state index is 0.284. The molecule has 0 unspecified atom stereocenters. The van der Waals surface area contributed by atoms with Gasteiger partial charge in [-0.2, -0.15) is 5.26 Å². The van der Waals surface area contributed by atoms with Gasteiger partial charge in [0.2, 0.25) is 0 Å². The van der Waals surface area contributed by atoms with Gasteiger partial charge in [0.05, 0.1) is 23.4 Å². The largest absolute Gasteiger partial charge is 0.462 e. The second-order valence-electron chi connectivity index (χ2n) is 6.78. The molecule has 0 radical (unpaired) electrons. The molecule has 0 amide bonds. The number of halogens is 1. The maximum atomic E-state index is 12.4. The van der Waals surface area contributed by atoms with E-state index in [-0.39, 0.29) is 11.1 Å². The number of carbonyl (C=O) groups excluding carboxylic acids is 1. The maximum Gasteiger partial charge on any atom is 0.345 e. The monoisotopic (exact) mass is 477 g/mol. The van der Waals surface area contributed by atoms with Crippen molar-refractivity contribution in [2.24, 2.45) is 0 Å². The molecule has 0 spiro atoms. The summed E-state index contributed by atoms with van der Waals surface area (Å²) in [5, 5.41) is 15.9. The number of nitrogens with zero attached hydrogens (tertiary/aromatic N) is 2. The molecule has 0 aliphatic carbocycles. The molecular weight excluding hydrogens is 462 g/mol. The highest BCUT2D eigenvalue weighted by Gasteiger charge is 2.14. The van der Waals surface area contributed by atoms with Gasteiger partial charge in [0.1, 0.15) is 22.2 Å². The van der Waals surface area contributed by atoms with Crippen molar-refractivity contribution >= 4 is 51.1 Å². The second-order valence-corrected chi connectivity index (χ2v) is 8.07. The second kappa shape index (κ2) is 9.69. The predicted octanol–water partition coefficient (Wildman–Crippen LogP) is 5.72. The van der Waals surface area contributed by atoms with Crippen LogP contribution in [0.15, 0.2) is 69.3 Å². The molecule has 0 aliphatic rings. The normalized spacial score (nSPS) is 11.2. The van der Waals surface area contributed by atoms with Gasteiger partial charge in [-0.15, -0.1) is 11.3 Å². The lowest BCUT2D eigenvalue weighted by atomic mass is 10.1. The molecular formula is C24H16ClN3O4S. The smallest absolute Gasteiger partial charge is 0.345 e. The van der Waals surface area contributed by atoms with E-state index in [2.05, 4.69) is 16.4 Å². The van der Waals surface area contributed by atoms with Crippen LogP contribution in [0.1, 0.15) is 22.3 Å². The molecule has 2 heterocycles. The Morgan fingerprint density at radius 1 is 1.27 bits per heavy atom. The van der Waals surface area contributed by atoms with E-state index in [9.17, 15) is 14.9 Å². The summed E-state index contributed by atoms with van der Waals surface area (Å²) in [5.41, 5.74) is 2.00. The Bertz CT molecular complexity index is 1470. The van der Waals surface area contributed by atoms with Crippen LogP contribution in [0.3, 0.4) is 0 Å². The highest BCUT2D eigenvalue weighted by molar-refractivity contribution is 7.11. The van der Waals surface area contributed by atoms with E-state index >= 15 is 0 Å². The Morgan fingerprint density at radius 2 is 2.06 bits per heavy atom. The zero-order valence-electron chi connectivity index (χ0n) is 17.3. The lowest BCUT2D eigenvalue weighted by molar-refractivity contribution is 0.0526. The summed E-state index contributed by atoms with van der Waals surface area (Å²) in [6.45, 7) is 2.05. The van der Waals surface area contributed by atoms with Crippen molar-refractivity contribution in [1.82, 2.24) is 4.98 Å². The lowest BCUT2D eigenvalue weighted by Gasteiger charge is -2.04. The fourth-order valence-corrected chi connectivity index (χ4v) is 3.97. The molecule has 164 valence electrons. The number of nitrogens with one attached hydrogen (secondary N) is 1. The van der Waals surface area contributed by atoms with Crippen LogP contribution in [0, 0.1) is 11.3 Å². The summed E-state index contributed by atoms with van der Waals surface area (Å²) in [4.78, 5) is 28.6. The molecule has 2 aromatic heterocycles. The van der Waals surface area contributed by atoms with E-state index in [1.165, 1.54) is 17.5 Å². The summed E-state index contributed by atoms with van der Waals surface area (Å²) in [5.74, 6) is -0.395. The first-order valence-corrected chi connectivity index (χ1v) is 11.1. The number of thiazole rings is 1. The number of ether oxygens (including phenoxy) is 1. The standard InChI is InChI=1S/C24H16ClN3O4S/c1-2-31-23(29)14-3-6-18(7-4-14)27-12-16(11-26)22-28-20(13-33-22)19-10-15-9-17(25)5-8-21(15)32-24(19)30/h3-10,12-13,27H,2H2,1H3/b16-12+. The predicted molar refractivity (Wildman–Crippen MR) is 128 cm³/mol. The van der Waals surface area contributed by atoms with Crippen LogP contribution in [0.25, 0.3) is 27.8 Å². The number of nitriles is 1. The zero-order chi connectivity index (χ0) is 23.4. The van der Waals surface area contributed by atoms with Gasteiger partial charge in [-0.25, -0.2) is 14.6 Å². The molecule has 2 aromatic carbocycles. The summed E-state index contributed by atoms with van der Waals surface area (Å²) in [7, 11) is 0. The van der Waals surface area contributed by atoms with Gasteiger partial charge in [-0.1, -0.05) is 11.6 Å². The molecule has 1 N–H and O–H groups in total. The number of rotatable bonds is 6. The third kappa shape index (κ3) is 4.95. The van der Waals surface area contributed by atoms with Crippen molar-refractivity contribution in [3.8, 4) is 17.3 Å². The van der Waals surface area contributed by atoms with E-state index in [0.29, 0.717) is 44.6 Å². The molecule has 33 heavy (non-hydrogen) atoms. The van der Waals surface area contributed by atoms with Crippen LogP contribution in [0.5, 0.6) is 0 Å². The van der Waals surface area contributed by atoms with Crippen molar-refractivity contribution in [3.63, 3.8) is 0 Å². The van der Waals surface area contributed by atoms with Crippen molar-refractivity contribution in [2.45, 2.75) is 6.92 Å². The highest BCUT2D eigenvalue weighted by Crippen LogP contribution is 2.27. The van der Waals surface area contributed by atoms with Gasteiger partial charge in [0.15, 0.2) is 0 Å². The van der Waals surface area contributed by atoms with Gasteiger partial charge in [0.25, 0.3) is 0 Å². The summed E-state index contributed by atoms with van der Waals surface area (Å²) >= 11 is 7.27. The fraction of sp³-hybridized carbons (Fsp3) is 0.0833. The topological polar surface area (TPSA) is 105 Å². The molecule has 7 nitrogen and oxygen atoms in total. The van der Waals surface area contributed by atoms with Gasteiger partial charge < -0.3 is 14.5 Å². The van der Waals surface area contributed by atoms with Crippen molar-refractivity contribution in [3.05, 3.63) is 86.1 Å². The minimum Gasteiger partial charge on any atom is -0.462 e. The maximum absolute atomic E-state index is 12.4. The average molecular weight is 478 g/mol. The van der Waals surface area contributed by atoms with Crippen LogP contribution in [-0.2, 0) is 4.74 Å². The van der Waals surface area contributed by atoms with E-state index in [1.807, 2.05) is 0 Å². The number of carbonyl (C=O) groups is 1. The van der Waals surface area contributed by atoms with Gasteiger partial charge in [-0.05, 0) is 55.5 Å². The number of esters is 1. The van der Waals surface area contributed by atoms with Crippen molar-refractivity contribution in [2.75, 3.05) is 11.9 Å². The number of aromatic nitrogens is 1. The number of allylic oxidation sites excluding steroid dienone is 1. The Labute approximate surface area is 197 Å². The zero-order valence-corrected chi connectivity index (χ0v) is 18.9. The van der Waals surface area contributed by atoms with E-state index in [1.54, 1.807) is 60.8 Å². The first-order valence-electron chi connectivity index (χ1n) is 9.82. The van der Waals surface area contributed by atoms with Gasteiger partial charge in [0, 0.05) is 27.7 Å². The van der Waals surface area contributed by atoms with Crippen LogP contribution < -0.4 is 10.9 Å². The first-order chi connectivity index (χ1) is 16.0. The van der Waals surface area contributed by atoms with Gasteiger partial charge >= 0.3 is 11.6 Å². The summed E-state index contributed by atoms with van der Waals surface area (Å²) < 4.78 is 10.3. The van der Waals surface area contributed by atoms with Crippen molar-refractivity contribution in [1.29, 1.82) is 5.26 Å². The average Bonchev–Trinajstić information content (AvgIpc) is 3.29. The molecule has 0 saturated heterocycles. The number of fused-ring (bicyclic) bond motifs is 1.